The van der Waals surface area contributed by atoms with E-state index in [-0.39, 0.29) is 12.5 Å². The number of hydrogen-bond donors (Lipinski definition) is 2. The van der Waals surface area contributed by atoms with Gasteiger partial charge in [-0.15, -0.1) is 0 Å². The predicted octanol–water partition coefficient (Wildman–Crippen LogP) is 2.34. The summed E-state index contributed by atoms with van der Waals surface area (Å²) in [5, 5.41) is 13.8. The van der Waals surface area contributed by atoms with E-state index < -0.39 is 5.60 Å². The number of carbonyl (C=O) groups is 1. The molecule has 0 bridgehead atoms. The second kappa shape index (κ2) is 5.89. The summed E-state index contributed by atoms with van der Waals surface area (Å²) < 4.78 is 0. The lowest BCUT2D eigenvalue weighted by Crippen LogP contribution is -2.43. The Morgan fingerprint density at radius 1 is 1.32 bits per heavy atom. The van der Waals surface area contributed by atoms with Gasteiger partial charge in [0.05, 0.1) is 12.1 Å². The molecule has 1 unspecified atom stereocenters. The fraction of sp³-hybridized carbons (Fsp3) is 0.333. The van der Waals surface area contributed by atoms with Crippen LogP contribution in [0.25, 0.3) is 0 Å². The number of nitrogens with zero attached hydrogens (tertiary/aromatic N) is 1. The number of rotatable bonds is 3. The van der Waals surface area contributed by atoms with Gasteiger partial charge in [-0.05, 0) is 49.4 Å². The van der Waals surface area contributed by atoms with Gasteiger partial charge in [0.15, 0.2) is 0 Å². The van der Waals surface area contributed by atoms with E-state index in [4.69, 9.17) is 0 Å². The van der Waals surface area contributed by atoms with Crippen LogP contribution in [0, 0.1) is 6.92 Å². The highest BCUT2D eigenvalue weighted by molar-refractivity contribution is 5.93. The number of aromatic nitrogens is 1. The van der Waals surface area contributed by atoms with Crippen LogP contribution in [-0.2, 0) is 12.0 Å². The Morgan fingerprint density at radius 3 is 2.91 bits per heavy atom. The maximum absolute atomic E-state index is 12.2. The fourth-order valence-corrected chi connectivity index (χ4v) is 3.01. The molecule has 1 heterocycles. The Kier molecular flexibility index (Phi) is 3.94. The molecule has 0 spiro atoms. The van der Waals surface area contributed by atoms with Gasteiger partial charge in [0, 0.05) is 11.9 Å². The second-order valence-corrected chi connectivity index (χ2v) is 5.91. The molecule has 0 radical (unpaired) electrons. The first-order valence-corrected chi connectivity index (χ1v) is 7.60. The molecule has 1 atom stereocenters. The molecular formula is C18H20N2O2. The van der Waals surface area contributed by atoms with Crippen molar-refractivity contribution in [2.75, 3.05) is 6.54 Å². The number of nitrogens with one attached hydrogen (secondary N) is 1. The monoisotopic (exact) mass is 296 g/mol. The topological polar surface area (TPSA) is 62.2 Å². The Labute approximate surface area is 130 Å². The van der Waals surface area contributed by atoms with E-state index in [0.29, 0.717) is 12.0 Å². The average Bonchev–Trinajstić information content (AvgIpc) is 2.54. The second-order valence-electron chi connectivity index (χ2n) is 5.91. The highest BCUT2D eigenvalue weighted by Crippen LogP contribution is 2.34. The highest BCUT2D eigenvalue weighted by Gasteiger charge is 2.34. The van der Waals surface area contributed by atoms with Crippen LogP contribution >= 0.6 is 0 Å². The number of pyridine rings is 1. The van der Waals surface area contributed by atoms with E-state index in [1.807, 2.05) is 31.2 Å². The average molecular weight is 296 g/mol. The van der Waals surface area contributed by atoms with Crippen molar-refractivity contribution < 1.29 is 9.90 Å². The normalized spacial score (nSPS) is 20.3. The number of aryl methyl sites for hydroxylation is 2. The molecule has 4 nitrogen and oxygen atoms in total. The van der Waals surface area contributed by atoms with Crippen molar-refractivity contribution in [3.63, 3.8) is 0 Å². The fourth-order valence-electron chi connectivity index (χ4n) is 3.01. The largest absolute Gasteiger partial charge is 0.383 e. The first kappa shape index (κ1) is 14.7. The van der Waals surface area contributed by atoms with Gasteiger partial charge < -0.3 is 10.4 Å². The first-order valence-electron chi connectivity index (χ1n) is 7.60. The summed E-state index contributed by atoms with van der Waals surface area (Å²) in [7, 11) is 0. The van der Waals surface area contributed by atoms with Crippen LogP contribution in [0.2, 0.25) is 0 Å². The third-order valence-corrected chi connectivity index (χ3v) is 4.27. The van der Waals surface area contributed by atoms with Crippen molar-refractivity contribution in [1.29, 1.82) is 0 Å². The lowest BCUT2D eigenvalue weighted by Gasteiger charge is -2.34. The van der Waals surface area contributed by atoms with Crippen LogP contribution < -0.4 is 5.32 Å². The van der Waals surface area contributed by atoms with Crippen LogP contribution in [0.3, 0.4) is 0 Å². The van der Waals surface area contributed by atoms with Gasteiger partial charge in [-0.3, -0.25) is 9.78 Å². The summed E-state index contributed by atoms with van der Waals surface area (Å²) in [4.78, 5) is 16.3. The van der Waals surface area contributed by atoms with E-state index in [1.54, 1.807) is 18.3 Å². The molecule has 1 aliphatic carbocycles. The van der Waals surface area contributed by atoms with Gasteiger partial charge in [0.1, 0.15) is 5.60 Å². The van der Waals surface area contributed by atoms with Crippen molar-refractivity contribution in [3.05, 3.63) is 65.0 Å². The molecule has 1 aromatic carbocycles. The smallest absolute Gasteiger partial charge is 0.252 e. The molecular weight excluding hydrogens is 276 g/mol. The van der Waals surface area contributed by atoms with Gasteiger partial charge in [0.25, 0.3) is 5.91 Å². The predicted molar refractivity (Wildman–Crippen MR) is 84.6 cm³/mol. The van der Waals surface area contributed by atoms with E-state index in [2.05, 4.69) is 10.3 Å². The summed E-state index contributed by atoms with van der Waals surface area (Å²) in [6.07, 6.45) is 4.13. The molecule has 22 heavy (non-hydrogen) atoms. The van der Waals surface area contributed by atoms with Crippen LogP contribution in [0.5, 0.6) is 0 Å². The number of aliphatic hydroxyl groups is 1. The van der Waals surface area contributed by atoms with Gasteiger partial charge in [-0.25, -0.2) is 0 Å². The van der Waals surface area contributed by atoms with Gasteiger partial charge in [-0.2, -0.15) is 0 Å². The zero-order chi connectivity index (χ0) is 15.6. The Morgan fingerprint density at radius 2 is 2.14 bits per heavy atom. The number of carbonyl (C=O) groups excluding carboxylic acids is 1. The SMILES string of the molecule is Cc1ccc(C(=O)NCC2(O)CCCc3ccccc32)cn1. The number of hydrogen-bond acceptors (Lipinski definition) is 3. The van der Waals surface area contributed by atoms with Crippen LogP contribution in [0.1, 0.15) is 40.0 Å². The molecule has 114 valence electrons. The molecule has 4 heteroatoms. The molecule has 1 aromatic heterocycles. The Balaban J connectivity index is 1.73. The van der Waals surface area contributed by atoms with Gasteiger partial charge >= 0.3 is 0 Å². The van der Waals surface area contributed by atoms with Crippen molar-refractivity contribution in [3.8, 4) is 0 Å². The van der Waals surface area contributed by atoms with Crippen LogP contribution in [0.15, 0.2) is 42.6 Å². The molecule has 1 aliphatic rings. The van der Waals surface area contributed by atoms with Crippen LogP contribution in [0.4, 0.5) is 0 Å². The van der Waals surface area contributed by atoms with E-state index >= 15 is 0 Å². The third kappa shape index (κ3) is 2.88. The molecule has 0 aliphatic heterocycles. The maximum atomic E-state index is 12.2. The van der Waals surface area contributed by atoms with Gasteiger partial charge in [0.2, 0.25) is 0 Å². The van der Waals surface area contributed by atoms with Crippen molar-refractivity contribution >= 4 is 5.91 Å². The maximum Gasteiger partial charge on any atom is 0.252 e. The molecule has 2 N–H and O–H groups in total. The minimum atomic E-state index is -0.984. The lowest BCUT2D eigenvalue weighted by molar-refractivity contribution is 0.0189. The van der Waals surface area contributed by atoms with Crippen molar-refractivity contribution in [1.82, 2.24) is 10.3 Å². The Hall–Kier alpha value is -2.20. The number of benzene rings is 1. The van der Waals surface area contributed by atoms with Gasteiger partial charge in [-0.1, -0.05) is 24.3 Å². The van der Waals surface area contributed by atoms with Crippen LogP contribution in [-0.4, -0.2) is 22.5 Å². The standard InChI is InChI=1S/C18H20N2O2/c1-13-8-9-15(11-19-13)17(21)20-12-18(22)10-4-6-14-5-2-3-7-16(14)18/h2-3,5,7-9,11,22H,4,6,10,12H2,1H3,(H,20,21). The van der Waals surface area contributed by atoms with E-state index in [0.717, 1.165) is 24.1 Å². The summed E-state index contributed by atoms with van der Waals surface area (Å²) >= 11 is 0. The summed E-state index contributed by atoms with van der Waals surface area (Å²) in [6.45, 7) is 2.10. The quantitative estimate of drug-likeness (QED) is 0.914. The molecule has 0 saturated heterocycles. The van der Waals surface area contributed by atoms with E-state index in [9.17, 15) is 9.90 Å². The van der Waals surface area contributed by atoms with Crippen molar-refractivity contribution in [2.24, 2.45) is 0 Å². The first-order chi connectivity index (χ1) is 10.6. The summed E-state index contributed by atoms with van der Waals surface area (Å²) in [5.74, 6) is -0.205. The minimum Gasteiger partial charge on any atom is -0.383 e. The lowest BCUT2D eigenvalue weighted by atomic mass is 9.79. The zero-order valence-electron chi connectivity index (χ0n) is 12.7. The van der Waals surface area contributed by atoms with Crippen molar-refractivity contribution in [2.45, 2.75) is 31.8 Å². The summed E-state index contributed by atoms with van der Waals surface area (Å²) in [6, 6.07) is 11.5. The molecule has 1 amide bonds. The minimum absolute atomic E-state index is 0.205. The molecule has 3 rings (SSSR count). The number of amides is 1. The molecule has 0 fully saturated rings. The van der Waals surface area contributed by atoms with E-state index in [1.165, 1.54) is 5.56 Å². The molecule has 0 saturated carbocycles. The molecule has 2 aromatic rings. The summed E-state index contributed by atoms with van der Waals surface area (Å²) in [5.41, 5.74) is 2.50. The number of fused-ring (bicyclic) bond motifs is 1. The zero-order valence-corrected chi connectivity index (χ0v) is 12.7. The highest BCUT2D eigenvalue weighted by atomic mass is 16.3. The Bertz CT molecular complexity index is 682. The third-order valence-electron chi connectivity index (χ3n) is 4.27.